The highest BCUT2D eigenvalue weighted by Crippen LogP contribution is 2.31. The summed E-state index contributed by atoms with van der Waals surface area (Å²) < 4.78 is 3.14. The predicted molar refractivity (Wildman–Crippen MR) is 92.9 cm³/mol. The first kappa shape index (κ1) is 15.6. The fraction of sp³-hybridized carbons (Fsp3) is 0.333. The molecule has 1 atom stereocenters. The zero-order chi connectivity index (χ0) is 17.4. The van der Waals surface area contributed by atoms with Crippen LogP contribution in [0, 0.1) is 0 Å². The Morgan fingerprint density at radius 2 is 2.16 bits per heavy atom. The molecule has 1 amide bonds. The highest BCUT2D eigenvalue weighted by atomic mass is 16.2. The number of carbonyl (C=O) groups is 1. The molecule has 0 spiro atoms. The Balaban J connectivity index is 1.59. The summed E-state index contributed by atoms with van der Waals surface area (Å²) in [5.41, 5.74) is 1.50. The molecule has 3 aromatic rings. The predicted octanol–water partition coefficient (Wildman–Crippen LogP) is 1.49. The Bertz CT molecular complexity index is 990. The molecule has 0 N–H and O–H groups in total. The van der Waals surface area contributed by atoms with Crippen LogP contribution in [-0.4, -0.2) is 36.7 Å². The minimum atomic E-state index is -0.184. The van der Waals surface area contributed by atoms with Crippen LogP contribution in [0.5, 0.6) is 0 Å². The number of fused-ring (bicyclic) bond motifs is 1. The molecule has 0 saturated carbocycles. The lowest BCUT2D eigenvalue weighted by atomic mass is 10.1. The van der Waals surface area contributed by atoms with Gasteiger partial charge in [-0.1, -0.05) is 12.1 Å². The third kappa shape index (κ3) is 2.82. The minimum Gasteiger partial charge on any atom is -0.334 e. The van der Waals surface area contributed by atoms with Crippen LogP contribution < -0.4 is 5.56 Å². The average molecular weight is 337 g/mol. The number of amides is 1. The van der Waals surface area contributed by atoms with Gasteiger partial charge in [0.15, 0.2) is 0 Å². The van der Waals surface area contributed by atoms with Gasteiger partial charge in [0.25, 0.3) is 5.56 Å². The van der Waals surface area contributed by atoms with Gasteiger partial charge in [0.1, 0.15) is 6.54 Å². The molecule has 3 heterocycles. The van der Waals surface area contributed by atoms with Crippen molar-refractivity contribution in [1.82, 2.24) is 24.2 Å². The monoisotopic (exact) mass is 337 g/mol. The van der Waals surface area contributed by atoms with Gasteiger partial charge in [0.2, 0.25) is 5.91 Å². The molecule has 4 rings (SSSR count). The number of nitrogens with zero attached hydrogens (tertiary/aromatic N) is 5. The van der Waals surface area contributed by atoms with Crippen LogP contribution in [0.15, 0.2) is 47.8 Å². The summed E-state index contributed by atoms with van der Waals surface area (Å²) in [6, 6.07) is 7.20. The number of aromatic nitrogens is 4. The SMILES string of the molecule is Cn1cc([C@@H]2CCCN2C(=O)Cn2cnc3ccccc3c2=O)cn1. The number of hydrogen-bond acceptors (Lipinski definition) is 4. The maximum Gasteiger partial charge on any atom is 0.261 e. The summed E-state index contributed by atoms with van der Waals surface area (Å²) in [5.74, 6) is -0.0643. The maximum absolute atomic E-state index is 12.8. The highest BCUT2D eigenvalue weighted by molar-refractivity contribution is 5.79. The zero-order valence-electron chi connectivity index (χ0n) is 14.0. The van der Waals surface area contributed by atoms with Crippen molar-refractivity contribution in [3.63, 3.8) is 0 Å². The quantitative estimate of drug-likeness (QED) is 0.726. The number of hydrogen-bond donors (Lipinski definition) is 0. The molecule has 1 aliphatic rings. The van der Waals surface area contributed by atoms with Gasteiger partial charge < -0.3 is 4.90 Å². The zero-order valence-corrected chi connectivity index (χ0v) is 14.0. The van der Waals surface area contributed by atoms with Crippen molar-refractivity contribution in [1.29, 1.82) is 0 Å². The summed E-state index contributed by atoms with van der Waals surface area (Å²) in [6.45, 7) is 0.710. The number of benzene rings is 1. The Morgan fingerprint density at radius 1 is 1.32 bits per heavy atom. The van der Waals surface area contributed by atoms with Crippen molar-refractivity contribution in [2.75, 3.05) is 6.54 Å². The number of para-hydroxylation sites is 1. The summed E-state index contributed by atoms with van der Waals surface area (Å²) >= 11 is 0. The van der Waals surface area contributed by atoms with Crippen molar-refractivity contribution in [2.45, 2.75) is 25.4 Å². The van der Waals surface area contributed by atoms with Gasteiger partial charge in [-0.2, -0.15) is 5.10 Å². The summed E-state index contributed by atoms with van der Waals surface area (Å²) in [7, 11) is 1.87. The van der Waals surface area contributed by atoms with E-state index in [9.17, 15) is 9.59 Å². The summed E-state index contributed by atoms with van der Waals surface area (Å²) in [6.07, 6.45) is 7.08. The molecule has 0 radical (unpaired) electrons. The molecule has 1 saturated heterocycles. The van der Waals surface area contributed by atoms with Crippen LogP contribution in [-0.2, 0) is 18.4 Å². The van der Waals surface area contributed by atoms with Crippen LogP contribution in [0.25, 0.3) is 10.9 Å². The lowest BCUT2D eigenvalue weighted by Crippen LogP contribution is -2.36. The molecule has 25 heavy (non-hydrogen) atoms. The van der Waals surface area contributed by atoms with Gasteiger partial charge in [-0.3, -0.25) is 18.8 Å². The van der Waals surface area contributed by atoms with Gasteiger partial charge in [0.05, 0.1) is 29.5 Å². The summed E-state index contributed by atoms with van der Waals surface area (Å²) in [5, 5.41) is 4.73. The van der Waals surface area contributed by atoms with E-state index in [1.54, 1.807) is 29.1 Å². The highest BCUT2D eigenvalue weighted by Gasteiger charge is 2.30. The molecule has 0 bridgehead atoms. The molecule has 0 unspecified atom stereocenters. The van der Waals surface area contributed by atoms with Crippen molar-refractivity contribution in [2.24, 2.45) is 7.05 Å². The minimum absolute atomic E-state index is 0.00737. The van der Waals surface area contributed by atoms with E-state index < -0.39 is 0 Å². The Morgan fingerprint density at radius 3 is 2.96 bits per heavy atom. The molecule has 0 aliphatic carbocycles. The lowest BCUT2D eigenvalue weighted by molar-refractivity contribution is -0.132. The van der Waals surface area contributed by atoms with E-state index in [0.29, 0.717) is 17.4 Å². The lowest BCUT2D eigenvalue weighted by Gasteiger charge is -2.24. The van der Waals surface area contributed by atoms with Crippen molar-refractivity contribution in [3.05, 3.63) is 58.9 Å². The first-order chi connectivity index (χ1) is 12.1. The van der Waals surface area contributed by atoms with E-state index >= 15 is 0 Å². The Hall–Kier alpha value is -2.96. The molecule has 128 valence electrons. The topological polar surface area (TPSA) is 73.0 Å². The number of aryl methyl sites for hydroxylation is 1. The molecule has 1 aliphatic heterocycles. The fourth-order valence-electron chi connectivity index (χ4n) is 3.48. The number of likely N-dealkylation sites (tertiary alicyclic amines) is 1. The van der Waals surface area contributed by atoms with Gasteiger partial charge in [-0.25, -0.2) is 4.98 Å². The molecule has 1 fully saturated rings. The van der Waals surface area contributed by atoms with E-state index in [0.717, 1.165) is 18.4 Å². The van der Waals surface area contributed by atoms with Gasteiger partial charge in [0, 0.05) is 25.4 Å². The van der Waals surface area contributed by atoms with Gasteiger partial charge >= 0.3 is 0 Å². The average Bonchev–Trinajstić information content (AvgIpc) is 3.26. The smallest absolute Gasteiger partial charge is 0.261 e. The van der Waals surface area contributed by atoms with E-state index in [4.69, 9.17) is 0 Å². The second-order valence-corrected chi connectivity index (χ2v) is 6.39. The van der Waals surface area contributed by atoms with Crippen molar-refractivity contribution < 1.29 is 4.79 Å². The van der Waals surface area contributed by atoms with E-state index in [1.165, 1.54) is 10.9 Å². The first-order valence-electron chi connectivity index (χ1n) is 8.35. The number of carbonyl (C=O) groups excluding carboxylic acids is 1. The van der Waals surface area contributed by atoms with Crippen LogP contribution in [0.4, 0.5) is 0 Å². The van der Waals surface area contributed by atoms with Gasteiger partial charge in [-0.05, 0) is 25.0 Å². The van der Waals surface area contributed by atoms with Crippen LogP contribution >= 0.6 is 0 Å². The fourth-order valence-corrected chi connectivity index (χ4v) is 3.48. The Kier molecular flexibility index (Phi) is 3.83. The number of rotatable bonds is 3. The third-order valence-corrected chi connectivity index (χ3v) is 4.72. The van der Waals surface area contributed by atoms with Crippen LogP contribution in [0.2, 0.25) is 0 Å². The summed E-state index contributed by atoms with van der Waals surface area (Å²) in [4.78, 5) is 31.5. The standard InChI is InChI=1S/C18H19N5O2/c1-21-10-13(9-20-21)16-7-4-8-23(16)17(24)11-22-12-19-15-6-3-2-5-14(15)18(22)25/h2-3,5-6,9-10,12,16H,4,7-8,11H2,1H3/t16-/m0/s1. The molecular formula is C18H19N5O2. The first-order valence-corrected chi connectivity index (χ1v) is 8.35. The van der Waals surface area contributed by atoms with Crippen molar-refractivity contribution in [3.8, 4) is 0 Å². The van der Waals surface area contributed by atoms with Crippen LogP contribution in [0.3, 0.4) is 0 Å². The normalized spacial score (nSPS) is 17.3. The van der Waals surface area contributed by atoms with Crippen LogP contribution in [0.1, 0.15) is 24.4 Å². The Labute approximate surface area is 144 Å². The molecular weight excluding hydrogens is 318 g/mol. The second kappa shape index (κ2) is 6.16. The second-order valence-electron chi connectivity index (χ2n) is 6.39. The van der Waals surface area contributed by atoms with E-state index in [1.807, 2.05) is 24.2 Å². The maximum atomic E-state index is 12.8. The van der Waals surface area contributed by atoms with E-state index in [-0.39, 0.29) is 24.1 Å². The molecule has 2 aromatic heterocycles. The van der Waals surface area contributed by atoms with E-state index in [2.05, 4.69) is 10.1 Å². The molecule has 7 heteroatoms. The van der Waals surface area contributed by atoms with Crippen molar-refractivity contribution >= 4 is 16.8 Å². The third-order valence-electron chi connectivity index (χ3n) is 4.72. The largest absolute Gasteiger partial charge is 0.334 e. The molecule has 7 nitrogen and oxygen atoms in total. The molecule has 1 aromatic carbocycles. The van der Waals surface area contributed by atoms with Gasteiger partial charge in [-0.15, -0.1) is 0 Å².